The molecule has 0 unspecified atom stereocenters. The number of aliphatic carboxylic acids is 1. The molecule has 2 aliphatic rings. The maximum atomic E-state index is 12.2. The zero-order valence-corrected chi connectivity index (χ0v) is 13.7. The van der Waals surface area contributed by atoms with Gasteiger partial charge < -0.3 is 10.4 Å². The molecule has 2 aliphatic carbocycles. The van der Waals surface area contributed by atoms with Crippen molar-refractivity contribution in [1.82, 2.24) is 5.32 Å². The van der Waals surface area contributed by atoms with E-state index >= 15 is 0 Å². The number of carbonyl (C=O) groups is 2. The quantitative estimate of drug-likeness (QED) is 0.824. The summed E-state index contributed by atoms with van der Waals surface area (Å²) in [5.41, 5.74) is -0.835. The van der Waals surface area contributed by atoms with Crippen LogP contribution in [0.4, 0.5) is 0 Å². The van der Waals surface area contributed by atoms with Crippen LogP contribution in [0.1, 0.15) is 89.9 Å². The van der Waals surface area contributed by atoms with Gasteiger partial charge in [0.15, 0.2) is 0 Å². The predicted octanol–water partition coefficient (Wildman–Crippen LogP) is 4.03. The van der Waals surface area contributed by atoms with E-state index in [1.54, 1.807) is 0 Å². The highest BCUT2D eigenvalue weighted by Crippen LogP contribution is 2.37. The van der Waals surface area contributed by atoms with E-state index in [2.05, 4.69) is 5.32 Å². The molecule has 0 bridgehead atoms. The summed E-state index contributed by atoms with van der Waals surface area (Å²) >= 11 is 0. The maximum Gasteiger partial charge on any atom is 0.310 e. The summed E-state index contributed by atoms with van der Waals surface area (Å²) in [7, 11) is 0. The van der Waals surface area contributed by atoms with Crippen LogP contribution >= 0.6 is 0 Å². The first-order valence-electron chi connectivity index (χ1n) is 9.15. The zero-order valence-electron chi connectivity index (χ0n) is 13.7. The van der Waals surface area contributed by atoms with Crippen LogP contribution in [0, 0.1) is 5.41 Å². The molecule has 0 aromatic rings. The summed E-state index contributed by atoms with van der Waals surface area (Å²) in [4.78, 5) is 24.1. The number of amides is 1. The summed E-state index contributed by atoms with van der Waals surface area (Å²) in [6, 6.07) is 0.310. The maximum absolute atomic E-state index is 12.2. The van der Waals surface area contributed by atoms with Crippen LogP contribution in [-0.4, -0.2) is 23.0 Å². The molecule has 1 amide bonds. The Morgan fingerprint density at radius 2 is 1.32 bits per heavy atom. The van der Waals surface area contributed by atoms with Crippen molar-refractivity contribution in [3.63, 3.8) is 0 Å². The van der Waals surface area contributed by atoms with Gasteiger partial charge in [0.1, 0.15) is 0 Å². The van der Waals surface area contributed by atoms with Crippen molar-refractivity contribution in [2.75, 3.05) is 0 Å². The first-order valence-corrected chi connectivity index (χ1v) is 9.15. The molecule has 0 heterocycles. The van der Waals surface area contributed by atoms with Crippen molar-refractivity contribution in [2.45, 2.75) is 95.9 Å². The van der Waals surface area contributed by atoms with Gasteiger partial charge in [-0.2, -0.15) is 0 Å². The van der Waals surface area contributed by atoms with Gasteiger partial charge in [-0.05, 0) is 25.7 Å². The lowest BCUT2D eigenvalue weighted by Crippen LogP contribution is -2.38. The molecule has 2 fully saturated rings. The second-order valence-electron chi connectivity index (χ2n) is 7.29. The number of rotatable bonds is 4. The van der Waals surface area contributed by atoms with Gasteiger partial charge in [-0.25, -0.2) is 0 Å². The second-order valence-corrected chi connectivity index (χ2v) is 7.29. The molecule has 126 valence electrons. The molecule has 2 saturated carbocycles. The summed E-state index contributed by atoms with van der Waals surface area (Å²) < 4.78 is 0. The fourth-order valence-corrected chi connectivity index (χ4v) is 3.57. The third-order valence-corrected chi connectivity index (χ3v) is 5.21. The van der Waals surface area contributed by atoms with Crippen molar-refractivity contribution in [2.24, 2.45) is 5.41 Å². The third-order valence-electron chi connectivity index (χ3n) is 5.21. The molecular formula is C18H31NO3. The van der Waals surface area contributed by atoms with Crippen molar-refractivity contribution < 1.29 is 14.7 Å². The summed E-state index contributed by atoms with van der Waals surface area (Å²) in [6.07, 6.45) is 13.9. The van der Waals surface area contributed by atoms with Gasteiger partial charge in [0, 0.05) is 12.5 Å². The van der Waals surface area contributed by atoms with E-state index in [1.165, 1.54) is 32.1 Å². The monoisotopic (exact) mass is 309 g/mol. The summed E-state index contributed by atoms with van der Waals surface area (Å²) in [6.45, 7) is 0. The number of hydrogen-bond donors (Lipinski definition) is 2. The SMILES string of the molecule is O=C(CC1(C(=O)O)CCCCCCCCCCC1)NC1CC1. The van der Waals surface area contributed by atoms with Gasteiger partial charge in [-0.15, -0.1) is 0 Å². The average molecular weight is 309 g/mol. The Balaban J connectivity index is 1.97. The van der Waals surface area contributed by atoms with E-state index in [1.807, 2.05) is 0 Å². The topological polar surface area (TPSA) is 66.4 Å². The normalized spacial score (nSPS) is 23.8. The number of carboxylic acids is 1. The van der Waals surface area contributed by atoms with Crippen molar-refractivity contribution in [1.29, 1.82) is 0 Å². The van der Waals surface area contributed by atoms with Crippen LogP contribution in [0.25, 0.3) is 0 Å². The molecule has 0 spiro atoms. The van der Waals surface area contributed by atoms with E-state index in [0.29, 0.717) is 18.9 Å². The largest absolute Gasteiger partial charge is 0.481 e. The lowest BCUT2D eigenvalue weighted by Gasteiger charge is -2.29. The Morgan fingerprint density at radius 1 is 0.864 bits per heavy atom. The molecule has 0 atom stereocenters. The van der Waals surface area contributed by atoms with Gasteiger partial charge in [0.25, 0.3) is 0 Å². The Bertz CT molecular complexity index is 365. The number of nitrogens with one attached hydrogen (secondary N) is 1. The lowest BCUT2D eigenvalue weighted by molar-refractivity contribution is -0.153. The lowest BCUT2D eigenvalue weighted by atomic mass is 9.74. The van der Waals surface area contributed by atoms with Crippen LogP contribution in [0.15, 0.2) is 0 Å². The third kappa shape index (κ3) is 5.62. The minimum Gasteiger partial charge on any atom is -0.481 e. The van der Waals surface area contributed by atoms with Crippen molar-refractivity contribution in [3.8, 4) is 0 Å². The van der Waals surface area contributed by atoms with E-state index in [0.717, 1.165) is 38.5 Å². The van der Waals surface area contributed by atoms with E-state index in [9.17, 15) is 14.7 Å². The molecule has 4 nitrogen and oxygen atoms in total. The highest BCUT2D eigenvalue weighted by molar-refractivity contribution is 5.85. The molecule has 0 aliphatic heterocycles. The van der Waals surface area contributed by atoms with Crippen molar-refractivity contribution >= 4 is 11.9 Å². The van der Waals surface area contributed by atoms with Gasteiger partial charge in [-0.1, -0.05) is 57.8 Å². The van der Waals surface area contributed by atoms with Gasteiger partial charge in [0.2, 0.25) is 5.91 Å². The van der Waals surface area contributed by atoms with Crippen LogP contribution in [0.3, 0.4) is 0 Å². The zero-order chi connectivity index (χ0) is 15.8. The highest BCUT2D eigenvalue weighted by atomic mass is 16.4. The van der Waals surface area contributed by atoms with Crippen molar-refractivity contribution in [3.05, 3.63) is 0 Å². The molecule has 22 heavy (non-hydrogen) atoms. The molecular weight excluding hydrogens is 278 g/mol. The first-order chi connectivity index (χ1) is 10.6. The van der Waals surface area contributed by atoms with Crippen LogP contribution < -0.4 is 5.32 Å². The Hall–Kier alpha value is -1.06. The molecule has 2 N–H and O–H groups in total. The molecule has 0 radical (unpaired) electrons. The van der Waals surface area contributed by atoms with E-state index in [-0.39, 0.29) is 12.3 Å². The van der Waals surface area contributed by atoms with Crippen LogP contribution in [0.2, 0.25) is 0 Å². The number of hydrogen-bond acceptors (Lipinski definition) is 2. The number of carbonyl (C=O) groups excluding carboxylic acids is 1. The Morgan fingerprint density at radius 3 is 1.73 bits per heavy atom. The number of carboxylic acid groups (broad SMARTS) is 1. The minimum absolute atomic E-state index is 0.0583. The Kier molecular flexibility index (Phi) is 6.71. The Labute approximate surface area is 134 Å². The molecule has 2 rings (SSSR count). The minimum atomic E-state index is -0.835. The molecule has 0 aromatic heterocycles. The summed E-state index contributed by atoms with van der Waals surface area (Å²) in [5, 5.41) is 12.8. The summed E-state index contributed by atoms with van der Waals surface area (Å²) in [5.74, 6) is -0.826. The predicted molar refractivity (Wildman–Crippen MR) is 86.6 cm³/mol. The first kappa shape index (κ1) is 17.3. The van der Waals surface area contributed by atoms with Gasteiger partial charge in [-0.3, -0.25) is 9.59 Å². The molecule has 4 heteroatoms. The molecule has 0 saturated heterocycles. The van der Waals surface area contributed by atoms with Gasteiger partial charge >= 0.3 is 5.97 Å². The average Bonchev–Trinajstić information content (AvgIpc) is 3.25. The van der Waals surface area contributed by atoms with E-state index < -0.39 is 11.4 Å². The van der Waals surface area contributed by atoms with Gasteiger partial charge in [0.05, 0.1) is 5.41 Å². The standard InChI is InChI=1S/C18H31NO3/c20-16(19-15-10-11-15)14-18(17(21)22)12-8-6-4-2-1-3-5-7-9-13-18/h15H,1-14H2,(H,19,20)(H,21,22). The van der Waals surface area contributed by atoms with Crippen LogP contribution in [-0.2, 0) is 9.59 Å². The second kappa shape index (κ2) is 8.54. The fraction of sp³-hybridized carbons (Fsp3) is 0.889. The molecule has 0 aromatic carbocycles. The van der Waals surface area contributed by atoms with Crippen LogP contribution in [0.5, 0.6) is 0 Å². The highest BCUT2D eigenvalue weighted by Gasteiger charge is 2.40. The fourth-order valence-electron chi connectivity index (χ4n) is 3.57. The smallest absolute Gasteiger partial charge is 0.310 e. The van der Waals surface area contributed by atoms with E-state index in [4.69, 9.17) is 0 Å².